The average molecular weight is 778 g/mol. The van der Waals surface area contributed by atoms with E-state index in [2.05, 4.69) is 235 Å². The van der Waals surface area contributed by atoms with Gasteiger partial charge in [0.25, 0.3) is 0 Å². The zero-order valence-corrected chi connectivity index (χ0v) is 33.4. The molecule has 0 saturated carbocycles. The number of rotatable bonds is 7. The lowest BCUT2D eigenvalue weighted by Crippen LogP contribution is -2.28. The van der Waals surface area contributed by atoms with E-state index >= 15 is 0 Å². The first kappa shape index (κ1) is 35.0. The van der Waals surface area contributed by atoms with Crippen molar-refractivity contribution in [2.24, 2.45) is 0 Å². The van der Waals surface area contributed by atoms with Gasteiger partial charge in [-0.25, -0.2) is 0 Å². The van der Waals surface area contributed by atoms with E-state index in [4.69, 9.17) is 4.42 Å². The van der Waals surface area contributed by atoms with E-state index in [0.717, 1.165) is 44.6 Å². The number of para-hydroxylation sites is 2. The molecule has 11 aromatic rings. The van der Waals surface area contributed by atoms with E-state index in [1.54, 1.807) is 0 Å². The summed E-state index contributed by atoms with van der Waals surface area (Å²) in [5.74, 6) is 0. The second-order valence-corrected chi connectivity index (χ2v) is 16.0. The zero-order chi connectivity index (χ0) is 40.3. The van der Waals surface area contributed by atoms with Crippen LogP contribution in [0.3, 0.4) is 0 Å². The Morgan fingerprint density at radius 2 is 0.869 bits per heavy atom. The molecule has 2 nitrogen and oxygen atoms in total. The van der Waals surface area contributed by atoms with Gasteiger partial charge in [-0.1, -0.05) is 206 Å². The normalized spacial score (nSPS) is 12.7. The molecule has 0 saturated heterocycles. The number of furan rings is 1. The molecule has 0 fully saturated rings. The summed E-state index contributed by atoms with van der Waals surface area (Å²) in [5.41, 5.74) is 16.6. The molecule has 0 atom stereocenters. The Hall–Kier alpha value is -7.94. The molecule has 1 aliphatic carbocycles. The van der Waals surface area contributed by atoms with Crippen LogP contribution in [-0.4, -0.2) is 0 Å². The molecule has 0 unspecified atom stereocenters. The zero-order valence-electron chi connectivity index (χ0n) is 33.4. The van der Waals surface area contributed by atoms with Crippen LogP contribution < -0.4 is 4.90 Å². The first-order chi connectivity index (χ1) is 30.3. The molecule has 10 aromatic carbocycles. The number of nitrogens with zero attached hydrogens (tertiary/aromatic N) is 1. The summed E-state index contributed by atoms with van der Waals surface area (Å²) in [4.78, 5) is 2.42. The van der Waals surface area contributed by atoms with Gasteiger partial charge >= 0.3 is 0 Å². The molecule has 286 valence electrons. The second kappa shape index (κ2) is 14.1. The Kier molecular flexibility index (Phi) is 8.11. The maximum atomic E-state index is 6.80. The molecule has 12 rings (SSSR count). The minimum atomic E-state index is -0.524. The van der Waals surface area contributed by atoms with Crippen molar-refractivity contribution in [3.8, 4) is 33.4 Å². The average Bonchev–Trinajstić information content (AvgIpc) is 3.87. The van der Waals surface area contributed by atoms with Gasteiger partial charge in [0, 0.05) is 22.0 Å². The quantitative estimate of drug-likeness (QED) is 0.160. The van der Waals surface area contributed by atoms with Crippen molar-refractivity contribution < 1.29 is 4.42 Å². The third-order valence-electron chi connectivity index (χ3n) is 12.8. The Bertz CT molecular complexity index is 3360. The van der Waals surface area contributed by atoms with Gasteiger partial charge in [-0.2, -0.15) is 0 Å². The van der Waals surface area contributed by atoms with Crippen LogP contribution in [0.25, 0.3) is 66.1 Å². The molecule has 0 bridgehead atoms. The van der Waals surface area contributed by atoms with Crippen molar-refractivity contribution in [1.29, 1.82) is 0 Å². The van der Waals surface area contributed by atoms with Crippen LogP contribution in [0.2, 0.25) is 0 Å². The number of fused-ring (bicyclic) bond motifs is 7. The predicted octanol–water partition coefficient (Wildman–Crippen LogP) is 15.9. The van der Waals surface area contributed by atoms with E-state index in [-0.39, 0.29) is 0 Å². The third kappa shape index (κ3) is 5.43. The van der Waals surface area contributed by atoms with Crippen LogP contribution in [-0.2, 0) is 5.41 Å². The Labute approximate surface area is 355 Å². The summed E-state index contributed by atoms with van der Waals surface area (Å²) in [6, 6.07) is 85.9. The SMILES string of the molecule is c1ccc(C2(c3ccccc3)c3ccccc3-c3c(N(c4ccc(-c5ccc(-c6cccc7ccccc67)cc5)cc4)c4cccc5c4oc4ccccc45)cccc32)cc1. The molecular weight excluding hydrogens is 739 g/mol. The molecule has 0 radical (unpaired) electrons. The second-order valence-electron chi connectivity index (χ2n) is 16.0. The third-order valence-corrected chi connectivity index (χ3v) is 12.8. The predicted molar refractivity (Wildman–Crippen MR) is 254 cm³/mol. The molecule has 0 spiro atoms. The topological polar surface area (TPSA) is 16.4 Å². The van der Waals surface area contributed by atoms with Crippen molar-refractivity contribution >= 4 is 49.8 Å². The summed E-state index contributed by atoms with van der Waals surface area (Å²) in [5, 5.41) is 4.72. The van der Waals surface area contributed by atoms with Crippen LogP contribution in [0.1, 0.15) is 22.3 Å². The maximum absolute atomic E-state index is 6.80. The van der Waals surface area contributed by atoms with Crippen LogP contribution in [0.15, 0.2) is 241 Å². The van der Waals surface area contributed by atoms with E-state index in [0.29, 0.717) is 0 Å². The summed E-state index contributed by atoms with van der Waals surface area (Å²) in [6.07, 6.45) is 0. The molecule has 1 aromatic heterocycles. The molecule has 61 heavy (non-hydrogen) atoms. The van der Waals surface area contributed by atoms with Gasteiger partial charge in [-0.15, -0.1) is 0 Å². The van der Waals surface area contributed by atoms with E-state index in [9.17, 15) is 0 Å². The van der Waals surface area contributed by atoms with Gasteiger partial charge in [0.2, 0.25) is 0 Å². The number of anilines is 3. The molecule has 0 aliphatic heterocycles. The lowest BCUT2D eigenvalue weighted by Gasteiger charge is -2.34. The van der Waals surface area contributed by atoms with Gasteiger partial charge in [0.05, 0.1) is 16.8 Å². The standard InChI is InChI=1S/C59H39NO/c1-3-18-44(19-4-1)59(45-20-5-2-6-21-45)52-27-11-9-24-51(52)57-53(59)28-15-29-54(57)60(55-30-14-26-50-49-23-10-12-31-56(49)61-58(50)55)46-38-36-41(37-39-46)40-32-34-43(35-33-40)48-25-13-17-42-16-7-8-22-47(42)48/h1-39H. The van der Waals surface area contributed by atoms with Crippen molar-refractivity contribution in [3.63, 3.8) is 0 Å². The lowest BCUT2D eigenvalue weighted by molar-refractivity contribution is 0.669. The molecule has 2 heteroatoms. The van der Waals surface area contributed by atoms with Gasteiger partial charge in [-0.05, 0) is 91.2 Å². The molecule has 0 N–H and O–H groups in total. The number of hydrogen-bond donors (Lipinski definition) is 0. The van der Waals surface area contributed by atoms with E-state index in [1.165, 1.54) is 60.8 Å². The van der Waals surface area contributed by atoms with Gasteiger partial charge in [-0.3, -0.25) is 0 Å². The molecule has 0 amide bonds. The van der Waals surface area contributed by atoms with Crippen LogP contribution in [0.4, 0.5) is 17.1 Å². The highest BCUT2D eigenvalue weighted by Crippen LogP contribution is 2.60. The first-order valence-corrected chi connectivity index (χ1v) is 21.0. The Morgan fingerprint density at radius 3 is 1.64 bits per heavy atom. The Morgan fingerprint density at radius 1 is 0.344 bits per heavy atom. The lowest BCUT2D eigenvalue weighted by atomic mass is 9.68. The summed E-state index contributed by atoms with van der Waals surface area (Å²) in [7, 11) is 0. The maximum Gasteiger partial charge on any atom is 0.159 e. The van der Waals surface area contributed by atoms with Gasteiger partial charge in [0.15, 0.2) is 5.58 Å². The van der Waals surface area contributed by atoms with Crippen LogP contribution in [0.5, 0.6) is 0 Å². The highest BCUT2D eigenvalue weighted by atomic mass is 16.3. The fourth-order valence-electron chi connectivity index (χ4n) is 10.1. The fourth-order valence-corrected chi connectivity index (χ4v) is 10.1. The fraction of sp³-hybridized carbons (Fsp3) is 0.0169. The van der Waals surface area contributed by atoms with Crippen molar-refractivity contribution in [1.82, 2.24) is 0 Å². The van der Waals surface area contributed by atoms with Gasteiger partial charge in [0.1, 0.15) is 5.58 Å². The first-order valence-electron chi connectivity index (χ1n) is 21.0. The Balaban J connectivity index is 1.06. The van der Waals surface area contributed by atoms with E-state index in [1.807, 2.05) is 6.07 Å². The van der Waals surface area contributed by atoms with Crippen LogP contribution in [0, 0.1) is 0 Å². The van der Waals surface area contributed by atoms with Gasteiger partial charge < -0.3 is 9.32 Å². The minimum absolute atomic E-state index is 0.524. The van der Waals surface area contributed by atoms with Crippen molar-refractivity contribution in [3.05, 3.63) is 259 Å². The highest BCUT2D eigenvalue weighted by molar-refractivity contribution is 6.11. The van der Waals surface area contributed by atoms with Crippen molar-refractivity contribution in [2.75, 3.05) is 4.90 Å². The minimum Gasteiger partial charge on any atom is -0.454 e. The van der Waals surface area contributed by atoms with E-state index < -0.39 is 5.41 Å². The summed E-state index contributed by atoms with van der Waals surface area (Å²) >= 11 is 0. The van der Waals surface area contributed by atoms with Crippen LogP contribution >= 0.6 is 0 Å². The number of benzene rings is 10. The molecular formula is C59H39NO. The monoisotopic (exact) mass is 777 g/mol. The number of hydrogen-bond acceptors (Lipinski definition) is 2. The summed E-state index contributed by atoms with van der Waals surface area (Å²) < 4.78 is 6.80. The largest absolute Gasteiger partial charge is 0.454 e. The van der Waals surface area contributed by atoms with Crippen molar-refractivity contribution in [2.45, 2.75) is 5.41 Å². The highest BCUT2D eigenvalue weighted by Gasteiger charge is 2.47. The summed E-state index contributed by atoms with van der Waals surface area (Å²) in [6.45, 7) is 0. The molecule has 1 aliphatic rings. The molecule has 1 heterocycles. The smallest absolute Gasteiger partial charge is 0.159 e.